The van der Waals surface area contributed by atoms with Crippen LogP contribution in [0.1, 0.15) is 43.4 Å². The summed E-state index contributed by atoms with van der Waals surface area (Å²) in [5.74, 6) is 1.67. The van der Waals surface area contributed by atoms with E-state index in [9.17, 15) is 4.79 Å². The van der Waals surface area contributed by atoms with Crippen LogP contribution in [0.3, 0.4) is 0 Å². The van der Waals surface area contributed by atoms with E-state index in [0.29, 0.717) is 13.1 Å². The SMILES string of the molecule is CCc1ncc2c(n1)CN(C(=O)C(Oc1ccccc1C)C(C)C)C2. The first-order valence-electron chi connectivity index (χ1n) is 8.84. The van der Waals surface area contributed by atoms with Gasteiger partial charge in [-0.3, -0.25) is 4.79 Å². The molecule has 1 aromatic heterocycles. The van der Waals surface area contributed by atoms with E-state index in [4.69, 9.17) is 4.74 Å². The third kappa shape index (κ3) is 3.65. The lowest BCUT2D eigenvalue weighted by molar-refractivity contribution is -0.141. The van der Waals surface area contributed by atoms with Gasteiger partial charge in [-0.1, -0.05) is 39.0 Å². The van der Waals surface area contributed by atoms with E-state index in [2.05, 4.69) is 9.97 Å². The van der Waals surface area contributed by atoms with Gasteiger partial charge in [0.15, 0.2) is 6.10 Å². The average molecular weight is 339 g/mol. The summed E-state index contributed by atoms with van der Waals surface area (Å²) >= 11 is 0. The van der Waals surface area contributed by atoms with E-state index in [1.165, 1.54) is 0 Å². The van der Waals surface area contributed by atoms with Crippen molar-refractivity contribution in [1.82, 2.24) is 14.9 Å². The Morgan fingerprint density at radius 3 is 2.72 bits per heavy atom. The molecule has 1 aliphatic heterocycles. The molecule has 0 bridgehead atoms. The summed E-state index contributed by atoms with van der Waals surface area (Å²) in [6.07, 6.45) is 2.14. The third-order valence-corrected chi connectivity index (χ3v) is 4.53. The summed E-state index contributed by atoms with van der Waals surface area (Å²) in [6, 6.07) is 7.80. The lowest BCUT2D eigenvalue weighted by Crippen LogP contribution is -2.42. The van der Waals surface area contributed by atoms with Crippen LogP contribution in [0.25, 0.3) is 0 Å². The van der Waals surface area contributed by atoms with Gasteiger partial charge >= 0.3 is 0 Å². The number of aromatic nitrogens is 2. The highest BCUT2D eigenvalue weighted by atomic mass is 16.5. The number of rotatable bonds is 5. The van der Waals surface area contributed by atoms with E-state index in [0.717, 1.165) is 34.8 Å². The van der Waals surface area contributed by atoms with Crippen LogP contribution >= 0.6 is 0 Å². The van der Waals surface area contributed by atoms with Gasteiger partial charge in [0.2, 0.25) is 0 Å². The molecule has 2 heterocycles. The monoisotopic (exact) mass is 339 g/mol. The molecular formula is C20H25N3O2. The normalized spacial score (nSPS) is 14.5. The Kier molecular flexibility index (Phi) is 5.02. The number of fused-ring (bicyclic) bond motifs is 1. The number of hydrogen-bond donors (Lipinski definition) is 0. The van der Waals surface area contributed by atoms with Crippen molar-refractivity contribution in [2.45, 2.75) is 53.3 Å². The number of aryl methyl sites for hydroxylation is 2. The second-order valence-corrected chi connectivity index (χ2v) is 6.85. The molecule has 132 valence electrons. The van der Waals surface area contributed by atoms with Crippen LogP contribution in [-0.2, 0) is 24.3 Å². The van der Waals surface area contributed by atoms with Crippen LogP contribution in [0.2, 0.25) is 0 Å². The summed E-state index contributed by atoms with van der Waals surface area (Å²) < 4.78 is 6.10. The lowest BCUT2D eigenvalue weighted by Gasteiger charge is -2.27. The van der Waals surface area contributed by atoms with Gasteiger partial charge in [0, 0.05) is 24.7 Å². The van der Waals surface area contributed by atoms with Gasteiger partial charge in [-0.2, -0.15) is 0 Å². The molecule has 0 saturated heterocycles. The summed E-state index contributed by atoms with van der Waals surface area (Å²) in [7, 11) is 0. The number of nitrogens with zero attached hydrogens (tertiary/aromatic N) is 3. The molecule has 0 radical (unpaired) electrons. The Morgan fingerprint density at radius 1 is 1.28 bits per heavy atom. The maximum Gasteiger partial charge on any atom is 0.264 e. The van der Waals surface area contributed by atoms with Gasteiger partial charge in [-0.15, -0.1) is 0 Å². The van der Waals surface area contributed by atoms with E-state index in [-0.39, 0.29) is 11.8 Å². The third-order valence-electron chi connectivity index (χ3n) is 4.53. The van der Waals surface area contributed by atoms with Gasteiger partial charge in [0.05, 0.1) is 12.2 Å². The van der Waals surface area contributed by atoms with E-state index >= 15 is 0 Å². The molecule has 3 rings (SSSR count). The van der Waals surface area contributed by atoms with Crippen molar-refractivity contribution < 1.29 is 9.53 Å². The number of para-hydroxylation sites is 1. The fourth-order valence-electron chi connectivity index (χ4n) is 3.00. The van der Waals surface area contributed by atoms with Crippen LogP contribution < -0.4 is 4.74 Å². The Balaban J connectivity index is 1.77. The van der Waals surface area contributed by atoms with Crippen molar-refractivity contribution in [3.05, 3.63) is 53.1 Å². The highest BCUT2D eigenvalue weighted by Gasteiger charge is 2.33. The van der Waals surface area contributed by atoms with Gasteiger partial charge in [-0.25, -0.2) is 9.97 Å². The predicted octanol–water partition coefficient (Wildman–Crippen LogP) is 3.29. The Morgan fingerprint density at radius 2 is 2.04 bits per heavy atom. The number of carbonyl (C=O) groups excluding carboxylic acids is 1. The van der Waals surface area contributed by atoms with Crippen LogP contribution in [0.15, 0.2) is 30.5 Å². The summed E-state index contributed by atoms with van der Waals surface area (Å²) in [4.78, 5) is 23.8. The van der Waals surface area contributed by atoms with Crippen molar-refractivity contribution in [3.8, 4) is 5.75 Å². The molecule has 0 N–H and O–H groups in total. The first-order chi connectivity index (χ1) is 12.0. The largest absolute Gasteiger partial charge is 0.480 e. The number of hydrogen-bond acceptors (Lipinski definition) is 4. The molecule has 0 saturated carbocycles. The zero-order valence-electron chi connectivity index (χ0n) is 15.3. The fourth-order valence-corrected chi connectivity index (χ4v) is 3.00. The van der Waals surface area contributed by atoms with Crippen LogP contribution in [0, 0.1) is 12.8 Å². The molecular weight excluding hydrogens is 314 g/mol. The zero-order valence-corrected chi connectivity index (χ0v) is 15.3. The highest BCUT2D eigenvalue weighted by molar-refractivity contribution is 5.82. The molecule has 1 atom stereocenters. The van der Waals surface area contributed by atoms with Crippen LogP contribution in [0.5, 0.6) is 5.75 Å². The maximum atomic E-state index is 13.1. The first kappa shape index (κ1) is 17.4. The topological polar surface area (TPSA) is 55.3 Å². The zero-order chi connectivity index (χ0) is 18.0. The summed E-state index contributed by atoms with van der Waals surface area (Å²) in [5, 5.41) is 0. The predicted molar refractivity (Wildman–Crippen MR) is 96.1 cm³/mol. The number of amides is 1. The molecule has 0 spiro atoms. The smallest absolute Gasteiger partial charge is 0.264 e. The van der Waals surface area contributed by atoms with Gasteiger partial charge in [0.1, 0.15) is 11.6 Å². The van der Waals surface area contributed by atoms with Crippen LogP contribution in [-0.4, -0.2) is 26.9 Å². The minimum absolute atomic E-state index is 0.00861. The Hall–Kier alpha value is -2.43. The van der Waals surface area contributed by atoms with Crippen molar-refractivity contribution in [1.29, 1.82) is 0 Å². The minimum Gasteiger partial charge on any atom is -0.480 e. The molecule has 2 aromatic rings. The maximum absolute atomic E-state index is 13.1. The van der Waals surface area contributed by atoms with Crippen molar-refractivity contribution in [2.75, 3.05) is 0 Å². The number of benzene rings is 1. The molecule has 1 amide bonds. The molecule has 5 nitrogen and oxygen atoms in total. The number of ether oxygens (including phenoxy) is 1. The molecule has 0 aliphatic carbocycles. The fraction of sp³-hybridized carbons (Fsp3) is 0.450. The van der Waals surface area contributed by atoms with E-state index in [1.807, 2.05) is 63.1 Å². The summed E-state index contributed by atoms with van der Waals surface area (Å²) in [5.41, 5.74) is 3.02. The van der Waals surface area contributed by atoms with Gasteiger partial charge in [0.25, 0.3) is 5.91 Å². The lowest BCUT2D eigenvalue weighted by atomic mass is 10.1. The molecule has 25 heavy (non-hydrogen) atoms. The Labute approximate surface area is 149 Å². The van der Waals surface area contributed by atoms with Crippen LogP contribution in [0.4, 0.5) is 0 Å². The first-order valence-corrected chi connectivity index (χ1v) is 8.84. The second kappa shape index (κ2) is 7.21. The molecule has 1 unspecified atom stereocenters. The quantitative estimate of drug-likeness (QED) is 0.839. The Bertz CT molecular complexity index is 773. The summed E-state index contributed by atoms with van der Waals surface area (Å²) in [6.45, 7) is 9.13. The van der Waals surface area contributed by atoms with E-state index in [1.54, 1.807) is 0 Å². The minimum atomic E-state index is -0.506. The van der Waals surface area contributed by atoms with Gasteiger partial charge in [-0.05, 0) is 24.5 Å². The van der Waals surface area contributed by atoms with Crippen molar-refractivity contribution in [2.24, 2.45) is 5.92 Å². The molecule has 5 heteroatoms. The standard InChI is InChI=1S/C20H25N3O2/c1-5-18-21-10-15-11-23(12-16(15)22-18)20(24)19(13(2)3)25-17-9-7-6-8-14(17)4/h6-10,13,19H,5,11-12H2,1-4H3. The van der Waals surface area contributed by atoms with E-state index < -0.39 is 6.10 Å². The van der Waals surface area contributed by atoms with Gasteiger partial charge < -0.3 is 9.64 Å². The molecule has 0 fully saturated rings. The van der Waals surface area contributed by atoms with Crippen molar-refractivity contribution in [3.63, 3.8) is 0 Å². The second-order valence-electron chi connectivity index (χ2n) is 6.85. The van der Waals surface area contributed by atoms with Crippen molar-refractivity contribution >= 4 is 5.91 Å². The molecule has 1 aromatic carbocycles. The highest BCUT2D eigenvalue weighted by Crippen LogP contribution is 2.25. The average Bonchev–Trinajstić information content (AvgIpc) is 3.03. The number of carbonyl (C=O) groups is 1. The molecule has 1 aliphatic rings.